The van der Waals surface area contributed by atoms with Gasteiger partial charge in [-0.15, -0.1) is 0 Å². The molecule has 1 unspecified atom stereocenters. The fraction of sp³-hybridized carbons (Fsp3) is 0.500. The molecule has 1 atom stereocenters. The van der Waals surface area contributed by atoms with Crippen molar-refractivity contribution in [1.29, 1.82) is 0 Å². The lowest BCUT2D eigenvalue weighted by molar-refractivity contribution is -0.137. The topological polar surface area (TPSA) is 32.3 Å². The first kappa shape index (κ1) is 18.2. The lowest BCUT2D eigenvalue weighted by Gasteiger charge is -2.17. The van der Waals surface area contributed by atoms with Gasteiger partial charge in [0, 0.05) is 15.2 Å². The molecule has 0 spiro atoms. The molecule has 0 saturated carbocycles. The van der Waals surface area contributed by atoms with Crippen molar-refractivity contribution in [3.05, 3.63) is 32.9 Å². The molecule has 3 nitrogen and oxygen atoms in total. The van der Waals surface area contributed by atoms with Crippen LogP contribution in [0, 0.1) is 3.57 Å². The van der Waals surface area contributed by atoms with Crippen LogP contribution in [0.2, 0.25) is 0 Å². The van der Waals surface area contributed by atoms with Gasteiger partial charge in [0.05, 0.1) is 5.56 Å². The highest BCUT2D eigenvalue weighted by molar-refractivity contribution is 14.1. The van der Waals surface area contributed by atoms with Gasteiger partial charge >= 0.3 is 6.18 Å². The number of hydrogen-bond acceptors (Lipinski definition) is 2. The van der Waals surface area contributed by atoms with E-state index in [0.717, 1.165) is 25.1 Å². The molecule has 1 aromatic rings. The molecule has 0 aromatic heterocycles. The average molecular weight is 414 g/mol. The molecular formula is C14H18F3IN2O. The third-order valence-electron chi connectivity index (χ3n) is 2.87. The number of carbonyl (C=O) groups excluding carboxylic acids is 1. The third-order valence-corrected chi connectivity index (χ3v) is 3.50. The number of benzene rings is 1. The van der Waals surface area contributed by atoms with Gasteiger partial charge in [-0.1, -0.05) is 0 Å². The number of hydrogen-bond donors (Lipinski definition) is 1. The SMILES string of the molecule is CC(CCN(C)C)NC(=O)c1cc(I)cc(C(F)(F)F)c1. The summed E-state index contributed by atoms with van der Waals surface area (Å²) >= 11 is 1.78. The van der Waals surface area contributed by atoms with Gasteiger partial charge in [0.15, 0.2) is 0 Å². The summed E-state index contributed by atoms with van der Waals surface area (Å²) in [5.41, 5.74) is -0.772. The zero-order valence-corrected chi connectivity index (χ0v) is 14.2. The van der Waals surface area contributed by atoms with E-state index in [9.17, 15) is 18.0 Å². The van der Waals surface area contributed by atoms with Crippen LogP contribution in [0.15, 0.2) is 18.2 Å². The Bertz CT molecular complexity index is 503. The summed E-state index contributed by atoms with van der Waals surface area (Å²) < 4.78 is 38.6. The predicted molar refractivity (Wildman–Crippen MR) is 84.3 cm³/mol. The average Bonchev–Trinajstić information content (AvgIpc) is 2.34. The fourth-order valence-electron chi connectivity index (χ4n) is 1.72. The molecule has 0 fully saturated rings. The van der Waals surface area contributed by atoms with Gasteiger partial charge in [0.1, 0.15) is 0 Å². The van der Waals surface area contributed by atoms with Crippen molar-refractivity contribution in [3.63, 3.8) is 0 Å². The maximum absolute atomic E-state index is 12.7. The molecule has 0 aliphatic carbocycles. The Hall–Kier alpha value is -0.830. The van der Waals surface area contributed by atoms with E-state index in [1.165, 1.54) is 6.07 Å². The molecule has 1 amide bonds. The molecule has 7 heteroatoms. The van der Waals surface area contributed by atoms with Gasteiger partial charge in [-0.05, 0) is 74.8 Å². The molecule has 0 aliphatic rings. The Morgan fingerprint density at radius 1 is 1.33 bits per heavy atom. The Balaban J connectivity index is 2.81. The summed E-state index contributed by atoms with van der Waals surface area (Å²) in [6, 6.07) is 3.25. The van der Waals surface area contributed by atoms with Crippen molar-refractivity contribution in [2.45, 2.75) is 25.6 Å². The van der Waals surface area contributed by atoms with Gasteiger partial charge in [0.25, 0.3) is 5.91 Å². The summed E-state index contributed by atoms with van der Waals surface area (Å²) in [5.74, 6) is -0.481. The van der Waals surface area contributed by atoms with E-state index >= 15 is 0 Å². The monoisotopic (exact) mass is 414 g/mol. The van der Waals surface area contributed by atoms with Gasteiger partial charge < -0.3 is 10.2 Å². The van der Waals surface area contributed by atoms with E-state index in [1.54, 1.807) is 22.6 Å². The highest BCUT2D eigenvalue weighted by atomic mass is 127. The normalized spacial score (nSPS) is 13.3. The highest BCUT2D eigenvalue weighted by Crippen LogP contribution is 2.31. The first-order chi connectivity index (χ1) is 9.59. The molecule has 1 aromatic carbocycles. The van der Waals surface area contributed by atoms with Crippen LogP contribution in [0.1, 0.15) is 29.3 Å². The maximum atomic E-state index is 12.7. The largest absolute Gasteiger partial charge is 0.416 e. The number of nitrogens with zero attached hydrogens (tertiary/aromatic N) is 1. The van der Waals surface area contributed by atoms with E-state index in [1.807, 2.05) is 25.9 Å². The van der Waals surface area contributed by atoms with Crippen molar-refractivity contribution >= 4 is 28.5 Å². The summed E-state index contributed by atoms with van der Waals surface area (Å²) in [6.07, 6.45) is -3.72. The molecule has 0 bridgehead atoms. The first-order valence-corrected chi connectivity index (χ1v) is 7.51. The second-order valence-corrected chi connectivity index (χ2v) is 6.44. The Kier molecular flexibility index (Phi) is 6.45. The standard InChI is InChI=1S/C14H18F3IN2O/c1-9(4-5-20(2)3)19-13(21)10-6-11(14(15,16)17)8-12(18)7-10/h6-9H,4-5H2,1-3H3,(H,19,21). The molecule has 0 heterocycles. The summed E-state index contributed by atoms with van der Waals surface area (Å²) in [6.45, 7) is 2.63. The second kappa shape index (κ2) is 7.44. The van der Waals surface area contributed by atoms with Gasteiger partial charge in [-0.25, -0.2) is 0 Å². The number of alkyl halides is 3. The van der Waals surface area contributed by atoms with Gasteiger partial charge in [-0.3, -0.25) is 4.79 Å². The minimum atomic E-state index is -4.45. The zero-order chi connectivity index (χ0) is 16.2. The van der Waals surface area contributed by atoms with Crippen LogP contribution in [-0.2, 0) is 6.18 Å². The Morgan fingerprint density at radius 3 is 2.48 bits per heavy atom. The number of nitrogens with one attached hydrogen (secondary N) is 1. The van der Waals surface area contributed by atoms with Crippen LogP contribution >= 0.6 is 22.6 Å². The Labute approximate surface area is 136 Å². The smallest absolute Gasteiger partial charge is 0.350 e. The molecule has 0 saturated heterocycles. The molecule has 118 valence electrons. The third kappa shape index (κ3) is 6.21. The van der Waals surface area contributed by atoms with Crippen LogP contribution in [0.4, 0.5) is 13.2 Å². The minimum Gasteiger partial charge on any atom is -0.350 e. The lowest BCUT2D eigenvalue weighted by Crippen LogP contribution is -2.35. The zero-order valence-electron chi connectivity index (χ0n) is 12.1. The van der Waals surface area contributed by atoms with E-state index < -0.39 is 17.6 Å². The van der Waals surface area contributed by atoms with E-state index in [4.69, 9.17) is 0 Å². The van der Waals surface area contributed by atoms with Crippen molar-refractivity contribution in [3.8, 4) is 0 Å². The number of rotatable bonds is 5. The van der Waals surface area contributed by atoms with Crippen LogP contribution in [0.25, 0.3) is 0 Å². The first-order valence-electron chi connectivity index (χ1n) is 6.43. The molecule has 21 heavy (non-hydrogen) atoms. The van der Waals surface area contributed by atoms with E-state index in [2.05, 4.69) is 5.32 Å². The van der Waals surface area contributed by atoms with Gasteiger partial charge in [-0.2, -0.15) is 13.2 Å². The van der Waals surface area contributed by atoms with Crippen LogP contribution in [0.5, 0.6) is 0 Å². The Morgan fingerprint density at radius 2 is 1.95 bits per heavy atom. The quantitative estimate of drug-likeness (QED) is 0.750. The number of halogens is 4. The summed E-state index contributed by atoms with van der Waals surface area (Å²) in [5, 5.41) is 2.72. The summed E-state index contributed by atoms with van der Waals surface area (Å²) in [7, 11) is 3.84. The van der Waals surface area contributed by atoms with Crippen molar-refractivity contribution in [1.82, 2.24) is 10.2 Å². The molecule has 0 radical (unpaired) electrons. The number of carbonyl (C=O) groups is 1. The van der Waals surface area contributed by atoms with Crippen LogP contribution in [0.3, 0.4) is 0 Å². The maximum Gasteiger partial charge on any atom is 0.416 e. The van der Waals surface area contributed by atoms with E-state index in [-0.39, 0.29) is 11.6 Å². The van der Waals surface area contributed by atoms with Crippen molar-refractivity contribution in [2.24, 2.45) is 0 Å². The molecular weight excluding hydrogens is 396 g/mol. The molecule has 1 N–H and O–H groups in total. The second-order valence-electron chi connectivity index (χ2n) is 5.19. The summed E-state index contributed by atoms with van der Waals surface area (Å²) in [4.78, 5) is 14.0. The van der Waals surface area contributed by atoms with E-state index in [0.29, 0.717) is 3.57 Å². The lowest BCUT2D eigenvalue weighted by atomic mass is 10.1. The minimum absolute atomic E-state index is 0.0333. The van der Waals surface area contributed by atoms with Crippen LogP contribution in [-0.4, -0.2) is 37.5 Å². The van der Waals surface area contributed by atoms with Gasteiger partial charge in [0.2, 0.25) is 0 Å². The molecule has 0 aliphatic heterocycles. The highest BCUT2D eigenvalue weighted by Gasteiger charge is 2.31. The van der Waals surface area contributed by atoms with Crippen LogP contribution < -0.4 is 5.32 Å². The van der Waals surface area contributed by atoms with Crippen molar-refractivity contribution < 1.29 is 18.0 Å². The fourth-order valence-corrected chi connectivity index (χ4v) is 2.39. The predicted octanol–water partition coefficient (Wildman–Crippen LogP) is 3.38. The number of amides is 1. The molecule has 1 rings (SSSR count). The van der Waals surface area contributed by atoms with Crippen molar-refractivity contribution in [2.75, 3.05) is 20.6 Å².